The van der Waals surface area contributed by atoms with Crippen LogP contribution in [0.3, 0.4) is 0 Å². The first-order valence-electron chi connectivity index (χ1n) is 9.81. The lowest BCUT2D eigenvalue weighted by Gasteiger charge is -2.19. The highest BCUT2D eigenvalue weighted by molar-refractivity contribution is 6.07. The lowest BCUT2D eigenvalue weighted by molar-refractivity contribution is -0.155. The predicted molar refractivity (Wildman–Crippen MR) is 98.5 cm³/mol. The van der Waals surface area contributed by atoms with Crippen LogP contribution in [-0.4, -0.2) is 41.7 Å². The Morgan fingerprint density at radius 3 is 2.32 bits per heavy atom. The van der Waals surface area contributed by atoms with Crippen molar-refractivity contribution in [1.29, 1.82) is 0 Å². The number of hydrogen-bond acceptors (Lipinski definition) is 5. The van der Waals surface area contributed by atoms with Crippen molar-refractivity contribution in [2.75, 3.05) is 13.2 Å². The van der Waals surface area contributed by atoms with Crippen molar-refractivity contribution in [1.82, 2.24) is 10.2 Å². The molecular weight excluding hydrogens is 360 g/mol. The molecule has 3 fully saturated rings. The van der Waals surface area contributed by atoms with Crippen LogP contribution < -0.4 is 5.32 Å². The zero-order valence-corrected chi connectivity index (χ0v) is 15.8. The third-order valence-corrected chi connectivity index (χ3v) is 6.35. The smallest absolute Gasteiger partial charge is 0.326 e. The quantitative estimate of drug-likeness (QED) is 0.592. The Kier molecular flexibility index (Phi) is 4.91. The summed E-state index contributed by atoms with van der Waals surface area (Å²) >= 11 is 0. The lowest BCUT2D eigenvalue weighted by Crippen LogP contribution is -2.39. The van der Waals surface area contributed by atoms with E-state index in [-0.39, 0.29) is 41.5 Å². The summed E-state index contributed by atoms with van der Waals surface area (Å²) in [5.74, 6) is -1.63. The van der Waals surface area contributed by atoms with Gasteiger partial charge >= 0.3 is 5.97 Å². The Bertz CT molecular complexity index is 780. The average molecular weight is 384 g/mol. The van der Waals surface area contributed by atoms with Crippen LogP contribution in [0.25, 0.3) is 0 Å². The zero-order chi connectivity index (χ0) is 19.8. The number of ether oxygens (including phenoxy) is 1. The number of benzene rings is 1. The summed E-state index contributed by atoms with van der Waals surface area (Å²) in [6, 6.07) is 9.22. The van der Waals surface area contributed by atoms with Crippen molar-refractivity contribution in [2.24, 2.45) is 23.7 Å². The second kappa shape index (κ2) is 7.37. The van der Waals surface area contributed by atoms with Crippen molar-refractivity contribution in [3.8, 4) is 0 Å². The van der Waals surface area contributed by atoms with Gasteiger partial charge in [0.05, 0.1) is 17.9 Å². The Hall–Kier alpha value is -2.70. The molecule has 1 saturated heterocycles. The zero-order valence-electron chi connectivity index (χ0n) is 15.8. The highest BCUT2D eigenvalue weighted by Crippen LogP contribution is 2.56. The molecule has 4 rings (SSSR count). The predicted octanol–water partition coefficient (Wildman–Crippen LogP) is 1.44. The van der Waals surface area contributed by atoms with Crippen molar-refractivity contribution < 1.29 is 23.9 Å². The Morgan fingerprint density at radius 1 is 1.11 bits per heavy atom. The number of esters is 1. The number of amides is 3. The minimum absolute atomic E-state index is 0.219. The molecule has 28 heavy (non-hydrogen) atoms. The van der Waals surface area contributed by atoms with Gasteiger partial charge in [0.25, 0.3) is 5.91 Å². The number of fused-ring (bicyclic) bond motifs is 5. The molecule has 2 bridgehead atoms. The monoisotopic (exact) mass is 384 g/mol. The van der Waals surface area contributed by atoms with Crippen LogP contribution >= 0.6 is 0 Å². The number of carbonyl (C=O) groups excluding carboxylic acids is 4. The van der Waals surface area contributed by atoms with Crippen molar-refractivity contribution >= 4 is 23.7 Å². The van der Waals surface area contributed by atoms with Gasteiger partial charge in [-0.05, 0) is 43.6 Å². The summed E-state index contributed by atoms with van der Waals surface area (Å²) in [7, 11) is 0. The van der Waals surface area contributed by atoms with E-state index in [9.17, 15) is 19.2 Å². The van der Waals surface area contributed by atoms with Gasteiger partial charge in [-0.15, -0.1) is 0 Å². The lowest BCUT2D eigenvalue weighted by atomic mass is 9.81. The fraction of sp³-hybridized carbons (Fsp3) is 0.524. The largest absolute Gasteiger partial charge is 0.454 e. The second-order valence-corrected chi connectivity index (χ2v) is 8.01. The third-order valence-electron chi connectivity index (χ3n) is 6.35. The molecule has 1 aromatic rings. The number of nitrogens with one attached hydrogen (secondary N) is 1. The van der Waals surface area contributed by atoms with Gasteiger partial charge in [-0.2, -0.15) is 0 Å². The van der Waals surface area contributed by atoms with E-state index in [2.05, 4.69) is 5.32 Å². The number of imide groups is 1. The molecule has 3 aliphatic rings. The SMILES string of the molecule is C[C@H](NC(=O)COC(=O)CN1C(=O)[C@H]2[C@H]3CC[C@@H](C3)[C@@H]2C1=O)c1ccccc1. The molecule has 5 atom stereocenters. The standard InChI is InChI=1S/C21H24N2O5/c1-12(13-5-3-2-4-6-13)22-16(24)11-28-17(25)10-23-20(26)18-14-7-8-15(9-14)19(18)21(23)27/h2-6,12,14-15,18-19H,7-11H2,1H3,(H,22,24)/t12-,14-,15-,18-,19-/m0/s1. The van der Waals surface area contributed by atoms with Crippen LogP contribution in [-0.2, 0) is 23.9 Å². The highest BCUT2D eigenvalue weighted by Gasteiger charge is 2.61. The van der Waals surface area contributed by atoms with Crippen LogP contribution in [0, 0.1) is 23.7 Å². The molecule has 1 N–H and O–H groups in total. The molecule has 7 nitrogen and oxygen atoms in total. The fourth-order valence-electron chi connectivity index (χ4n) is 5.06. The first-order valence-corrected chi connectivity index (χ1v) is 9.81. The van der Waals surface area contributed by atoms with E-state index in [0.717, 1.165) is 29.7 Å². The highest BCUT2D eigenvalue weighted by atomic mass is 16.5. The number of carbonyl (C=O) groups is 4. The molecule has 0 unspecified atom stereocenters. The topological polar surface area (TPSA) is 92.8 Å². The van der Waals surface area contributed by atoms with Gasteiger partial charge in [-0.1, -0.05) is 30.3 Å². The van der Waals surface area contributed by atoms with Gasteiger partial charge in [-0.25, -0.2) is 0 Å². The maximum Gasteiger partial charge on any atom is 0.326 e. The molecule has 0 radical (unpaired) electrons. The van der Waals surface area contributed by atoms with Crippen LogP contribution in [0.1, 0.15) is 37.8 Å². The summed E-state index contributed by atoms with van der Waals surface area (Å²) in [4.78, 5) is 50.3. The minimum Gasteiger partial charge on any atom is -0.454 e. The normalized spacial score (nSPS) is 29.0. The van der Waals surface area contributed by atoms with E-state index in [4.69, 9.17) is 4.74 Å². The van der Waals surface area contributed by atoms with Crippen LogP contribution in [0.2, 0.25) is 0 Å². The van der Waals surface area contributed by atoms with Crippen molar-refractivity contribution in [3.63, 3.8) is 0 Å². The van der Waals surface area contributed by atoms with Gasteiger partial charge in [0.2, 0.25) is 11.8 Å². The van der Waals surface area contributed by atoms with Gasteiger partial charge in [0.1, 0.15) is 6.54 Å². The molecule has 3 amide bonds. The van der Waals surface area contributed by atoms with E-state index >= 15 is 0 Å². The molecule has 7 heteroatoms. The Balaban J connectivity index is 1.26. The Labute approximate surface area is 163 Å². The van der Waals surface area contributed by atoms with E-state index in [0.29, 0.717) is 0 Å². The van der Waals surface area contributed by atoms with Crippen LogP contribution in [0.15, 0.2) is 30.3 Å². The molecule has 148 valence electrons. The molecular formula is C21H24N2O5. The first kappa shape index (κ1) is 18.7. The van der Waals surface area contributed by atoms with Crippen molar-refractivity contribution in [3.05, 3.63) is 35.9 Å². The van der Waals surface area contributed by atoms with Gasteiger partial charge in [0.15, 0.2) is 6.61 Å². The Morgan fingerprint density at radius 2 is 1.71 bits per heavy atom. The number of hydrogen-bond donors (Lipinski definition) is 1. The fourth-order valence-corrected chi connectivity index (χ4v) is 5.06. The van der Waals surface area contributed by atoms with Crippen molar-refractivity contribution in [2.45, 2.75) is 32.2 Å². The van der Waals surface area contributed by atoms with Gasteiger partial charge < -0.3 is 10.1 Å². The molecule has 1 heterocycles. The minimum atomic E-state index is -0.739. The first-order chi connectivity index (χ1) is 13.5. The van der Waals surface area contributed by atoms with Crippen LogP contribution in [0.5, 0.6) is 0 Å². The van der Waals surface area contributed by atoms with E-state index < -0.39 is 25.0 Å². The summed E-state index contributed by atoms with van der Waals surface area (Å²) in [6.45, 7) is 0.986. The molecule has 0 aromatic heterocycles. The van der Waals surface area contributed by atoms with E-state index in [1.807, 2.05) is 37.3 Å². The number of rotatable bonds is 6. The van der Waals surface area contributed by atoms with Gasteiger partial charge in [0, 0.05) is 0 Å². The third kappa shape index (κ3) is 3.30. The molecule has 2 aliphatic carbocycles. The molecule has 0 spiro atoms. The summed E-state index contributed by atoms with van der Waals surface area (Å²) in [5.41, 5.74) is 0.941. The maximum atomic E-state index is 12.6. The molecule has 2 saturated carbocycles. The molecule has 1 aliphatic heterocycles. The van der Waals surface area contributed by atoms with E-state index in [1.165, 1.54) is 0 Å². The second-order valence-electron chi connectivity index (χ2n) is 8.01. The number of nitrogens with zero attached hydrogens (tertiary/aromatic N) is 1. The van der Waals surface area contributed by atoms with E-state index in [1.54, 1.807) is 0 Å². The van der Waals surface area contributed by atoms with Gasteiger partial charge in [-0.3, -0.25) is 24.1 Å². The summed E-state index contributed by atoms with van der Waals surface area (Å²) < 4.78 is 4.99. The summed E-state index contributed by atoms with van der Waals surface area (Å²) in [6.07, 6.45) is 2.93. The molecule has 1 aromatic carbocycles. The average Bonchev–Trinajstić information content (AvgIpc) is 3.37. The summed E-state index contributed by atoms with van der Waals surface area (Å²) in [5, 5.41) is 2.75. The number of likely N-dealkylation sites (tertiary alicyclic amines) is 1. The maximum absolute atomic E-state index is 12.6. The van der Waals surface area contributed by atoms with Crippen LogP contribution in [0.4, 0.5) is 0 Å².